The predicted molar refractivity (Wildman–Crippen MR) is 135 cm³/mol. The number of carbonyl (C=O) groups excluding carboxylic acids is 1. The molecule has 0 saturated carbocycles. The number of anilines is 1. The summed E-state index contributed by atoms with van der Waals surface area (Å²) in [5.41, 5.74) is 6.88. The fourth-order valence-corrected chi connectivity index (χ4v) is 4.22. The predicted octanol–water partition coefficient (Wildman–Crippen LogP) is 5.23. The SMILES string of the molecule is O=C(Cc1ccc(F)cc1)Nc1nc2c(nc1/C=C/c1ccccc1)-c1ccc(CO)cc1CC2. The lowest BCUT2D eigenvalue weighted by Gasteiger charge is -2.21. The van der Waals surface area contributed by atoms with Crippen LogP contribution < -0.4 is 5.32 Å². The first kappa shape index (κ1) is 22.6. The summed E-state index contributed by atoms with van der Waals surface area (Å²) in [6.45, 7) is -0.00406. The highest BCUT2D eigenvalue weighted by Crippen LogP contribution is 2.34. The Morgan fingerprint density at radius 1 is 0.943 bits per heavy atom. The van der Waals surface area contributed by atoms with Crippen LogP contribution in [0.3, 0.4) is 0 Å². The summed E-state index contributed by atoms with van der Waals surface area (Å²) >= 11 is 0. The minimum atomic E-state index is -0.338. The Bertz CT molecular complexity index is 1400. The number of halogens is 1. The summed E-state index contributed by atoms with van der Waals surface area (Å²) in [6, 6.07) is 21.6. The highest BCUT2D eigenvalue weighted by molar-refractivity contribution is 5.93. The van der Waals surface area contributed by atoms with Crippen molar-refractivity contribution in [3.05, 3.63) is 112 Å². The molecule has 0 saturated heterocycles. The van der Waals surface area contributed by atoms with E-state index in [1.807, 2.05) is 60.7 Å². The van der Waals surface area contributed by atoms with Gasteiger partial charge in [-0.25, -0.2) is 14.4 Å². The molecule has 0 atom stereocenters. The van der Waals surface area contributed by atoms with Crippen molar-refractivity contribution in [2.24, 2.45) is 0 Å². The molecule has 1 amide bonds. The highest BCUT2D eigenvalue weighted by Gasteiger charge is 2.22. The van der Waals surface area contributed by atoms with Crippen molar-refractivity contribution in [1.29, 1.82) is 0 Å². The second kappa shape index (κ2) is 9.99. The lowest BCUT2D eigenvalue weighted by molar-refractivity contribution is -0.115. The Kier molecular flexibility index (Phi) is 6.46. The molecule has 0 radical (unpaired) electrons. The van der Waals surface area contributed by atoms with Gasteiger partial charge >= 0.3 is 0 Å². The summed E-state index contributed by atoms with van der Waals surface area (Å²) in [4.78, 5) is 22.5. The zero-order chi connectivity index (χ0) is 24.2. The van der Waals surface area contributed by atoms with Crippen molar-refractivity contribution >= 4 is 23.9 Å². The number of nitrogens with zero attached hydrogens (tertiary/aromatic N) is 2. The van der Waals surface area contributed by atoms with Gasteiger partial charge in [0.1, 0.15) is 11.5 Å². The zero-order valence-electron chi connectivity index (χ0n) is 19.0. The van der Waals surface area contributed by atoms with E-state index in [0.29, 0.717) is 23.5 Å². The average Bonchev–Trinajstić information content (AvgIpc) is 2.89. The lowest BCUT2D eigenvalue weighted by atomic mass is 9.90. The van der Waals surface area contributed by atoms with E-state index >= 15 is 0 Å². The molecule has 0 aliphatic heterocycles. The number of carbonyl (C=O) groups is 1. The van der Waals surface area contributed by atoms with Gasteiger partial charge in [0, 0.05) is 5.56 Å². The van der Waals surface area contributed by atoms with Gasteiger partial charge < -0.3 is 10.4 Å². The molecule has 2 N–H and O–H groups in total. The fourth-order valence-electron chi connectivity index (χ4n) is 4.22. The number of aromatic nitrogens is 2. The molecule has 174 valence electrons. The highest BCUT2D eigenvalue weighted by atomic mass is 19.1. The normalized spacial score (nSPS) is 12.3. The van der Waals surface area contributed by atoms with Crippen LogP contribution in [-0.4, -0.2) is 21.0 Å². The third-order valence-electron chi connectivity index (χ3n) is 6.00. The Morgan fingerprint density at radius 2 is 1.71 bits per heavy atom. The molecule has 5 nitrogen and oxygen atoms in total. The largest absolute Gasteiger partial charge is 0.392 e. The van der Waals surface area contributed by atoms with E-state index < -0.39 is 0 Å². The molecule has 1 aliphatic rings. The molecule has 1 aliphatic carbocycles. The number of rotatable bonds is 6. The van der Waals surface area contributed by atoms with Crippen LogP contribution in [0.25, 0.3) is 23.4 Å². The summed E-state index contributed by atoms with van der Waals surface area (Å²) in [6.07, 6.45) is 5.37. The summed E-state index contributed by atoms with van der Waals surface area (Å²) in [5.74, 6) is -0.183. The molecule has 6 heteroatoms. The van der Waals surface area contributed by atoms with Crippen molar-refractivity contribution in [1.82, 2.24) is 9.97 Å². The number of nitrogens with one attached hydrogen (secondary N) is 1. The van der Waals surface area contributed by atoms with Crippen molar-refractivity contribution < 1.29 is 14.3 Å². The number of aliphatic hydroxyl groups excluding tert-OH is 1. The minimum Gasteiger partial charge on any atom is -0.392 e. The molecule has 0 unspecified atom stereocenters. The second-order valence-electron chi connectivity index (χ2n) is 8.50. The first-order chi connectivity index (χ1) is 17.1. The van der Waals surface area contributed by atoms with Crippen molar-refractivity contribution in [3.8, 4) is 11.3 Å². The van der Waals surface area contributed by atoms with Crippen LogP contribution in [0.4, 0.5) is 10.2 Å². The molecule has 35 heavy (non-hydrogen) atoms. The van der Waals surface area contributed by atoms with Crippen LogP contribution in [0.2, 0.25) is 0 Å². The number of fused-ring (bicyclic) bond motifs is 3. The van der Waals surface area contributed by atoms with Crippen molar-refractivity contribution in [3.63, 3.8) is 0 Å². The molecular weight excluding hydrogens is 441 g/mol. The second-order valence-corrected chi connectivity index (χ2v) is 8.50. The minimum absolute atomic E-state index is 0.00406. The number of benzene rings is 3. The van der Waals surface area contributed by atoms with E-state index in [4.69, 9.17) is 9.97 Å². The molecule has 4 aromatic rings. The van der Waals surface area contributed by atoms with E-state index in [9.17, 15) is 14.3 Å². The van der Waals surface area contributed by atoms with Gasteiger partial charge in [-0.15, -0.1) is 0 Å². The lowest BCUT2D eigenvalue weighted by Crippen LogP contribution is -2.19. The zero-order valence-corrected chi connectivity index (χ0v) is 19.0. The van der Waals surface area contributed by atoms with Gasteiger partial charge in [-0.1, -0.05) is 66.7 Å². The van der Waals surface area contributed by atoms with Crippen LogP contribution in [0, 0.1) is 5.82 Å². The summed E-state index contributed by atoms with van der Waals surface area (Å²) < 4.78 is 13.2. The molecule has 0 bridgehead atoms. The fraction of sp³-hybridized carbons (Fsp3) is 0.138. The van der Waals surface area contributed by atoms with Crippen LogP contribution in [0.5, 0.6) is 0 Å². The quantitative estimate of drug-likeness (QED) is 0.409. The first-order valence-corrected chi connectivity index (χ1v) is 11.5. The number of aryl methyl sites for hydroxylation is 2. The molecule has 1 heterocycles. The topological polar surface area (TPSA) is 75.1 Å². The van der Waals surface area contributed by atoms with Gasteiger partial charge in [-0.3, -0.25) is 4.79 Å². The molecule has 3 aromatic carbocycles. The standard InChI is InChI=1S/C29H24FN3O2/c30-23-11-6-20(7-12-23)17-27(35)33-29-26(14-9-19-4-2-1-3-5-19)31-28-24-13-8-21(18-34)16-22(24)10-15-25(28)32-29/h1-9,11-14,16,34H,10,15,17-18H2,(H,32,33,35)/b14-9+. The average molecular weight is 466 g/mol. The Balaban J connectivity index is 1.50. The van der Waals surface area contributed by atoms with Gasteiger partial charge in [0.15, 0.2) is 5.82 Å². The Morgan fingerprint density at radius 3 is 2.49 bits per heavy atom. The van der Waals surface area contributed by atoms with E-state index in [1.54, 1.807) is 12.1 Å². The molecule has 0 spiro atoms. The summed E-state index contributed by atoms with van der Waals surface area (Å²) in [5, 5.41) is 12.4. The maximum absolute atomic E-state index is 13.2. The van der Waals surface area contributed by atoms with Gasteiger partial charge in [0.25, 0.3) is 0 Å². The van der Waals surface area contributed by atoms with Crippen LogP contribution in [0.1, 0.15) is 33.6 Å². The third kappa shape index (κ3) is 5.18. The van der Waals surface area contributed by atoms with Crippen LogP contribution >= 0.6 is 0 Å². The molecular formula is C29H24FN3O2. The number of hydrogen-bond acceptors (Lipinski definition) is 4. The van der Waals surface area contributed by atoms with Gasteiger partial charge in [0.2, 0.25) is 5.91 Å². The van der Waals surface area contributed by atoms with Crippen molar-refractivity contribution in [2.75, 3.05) is 5.32 Å². The maximum Gasteiger partial charge on any atom is 0.230 e. The third-order valence-corrected chi connectivity index (χ3v) is 6.00. The summed E-state index contributed by atoms with van der Waals surface area (Å²) in [7, 11) is 0. The maximum atomic E-state index is 13.2. The number of amides is 1. The van der Waals surface area contributed by atoms with Crippen LogP contribution in [-0.2, 0) is 30.7 Å². The Hall–Kier alpha value is -4.16. The van der Waals surface area contributed by atoms with E-state index in [2.05, 4.69) is 5.32 Å². The number of aliphatic hydroxyl groups is 1. The van der Waals surface area contributed by atoms with E-state index in [1.165, 1.54) is 12.1 Å². The van der Waals surface area contributed by atoms with Crippen LogP contribution in [0.15, 0.2) is 72.8 Å². The van der Waals surface area contributed by atoms with Crippen molar-refractivity contribution in [2.45, 2.75) is 25.9 Å². The molecule has 1 aromatic heterocycles. The van der Waals surface area contributed by atoms with Gasteiger partial charge in [-0.05, 0) is 53.3 Å². The van der Waals surface area contributed by atoms with E-state index in [0.717, 1.165) is 40.1 Å². The van der Waals surface area contributed by atoms with E-state index in [-0.39, 0.29) is 24.8 Å². The molecule has 5 rings (SSSR count). The Labute approximate surface area is 203 Å². The first-order valence-electron chi connectivity index (χ1n) is 11.5. The van der Waals surface area contributed by atoms with Gasteiger partial charge in [0.05, 0.1) is 24.4 Å². The molecule has 0 fully saturated rings. The van der Waals surface area contributed by atoms with Gasteiger partial charge in [-0.2, -0.15) is 0 Å². The monoisotopic (exact) mass is 465 g/mol. The smallest absolute Gasteiger partial charge is 0.230 e. The number of hydrogen-bond donors (Lipinski definition) is 2.